The molecule has 0 N–H and O–H groups in total. The van der Waals surface area contributed by atoms with E-state index in [2.05, 4.69) is 5.10 Å². The summed E-state index contributed by atoms with van der Waals surface area (Å²) in [6.45, 7) is 4.13. The third-order valence-corrected chi connectivity index (χ3v) is 5.04. The molecule has 0 amide bonds. The fourth-order valence-electron chi connectivity index (χ4n) is 2.96. The Balaban J connectivity index is 1.73. The molecule has 0 aliphatic carbocycles. The molecule has 0 saturated carbocycles. The van der Waals surface area contributed by atoms with Crippen LogP contribution in [0.4, 0.5) is 0 Å². The van der Waals surface area contributed by atoms with Crippen LogP contribution in [0.25, 0.3) is 17.0 Å². The zero-order valence-electron chi connectivity index (χ0n) is 14.6. The van der Waals surface area contributed by atoms with Crippen molar-refractivity contribution in [3.05, 3.63) is 74.6 Å². The highest BCUT2D eigenvalue weighted by molar-refractivity contribution is 6.36. The minimum absolute atomic E-state index is 0.385. The number of rotatable bonds is 4. The molecule has 0 atom stereocenters. The third kappa shape index (κ3) is 3.41. The number of ether oxygens (including phenoxy) is 1. The van der Waals surface area contributed by atoms with Gasteiger partial charge in [-0.3, -0.25) is 0 Å². The fourth-order valence-corrected chi connectivity index (χ4v) is 3.59. The number of hydrogen-bond donors (Lipinski definition) is 0. The molecule has 0 aliphatic rings. The summed E-state index contributed by atoms with van der Waals surface area (Å²) in [4.78, 5) is 0. The lowest BCUT2D eigenvalue weighted by Crippen LogP contribution is -1.95. The monoisotopic (exact) mass is 420 g/mol. The molecule has 4 rings (SSSR count). The first kappa shape index (κ1) is 18.2. The number of halogens is 3. The van der Waals surface area contributed by atoms with E-state index in [1.165, 1.54) is 0 Å². The Hall–Kier alpha value is -2.14. The van der Waals surface area contributed by atoms with Gasteiger partial charge in [0.15, 0.2) is 0 Å². The maximum atomic E-state index is 6.38. The van der Waals surface area contributed by atoms with Gasteiger partial charge < -0.3 is 9.15 Å². The number of oxazole rings is 1. The third-order valence-electron chi connectivity index (χ3n) is 4.24. The normalized spacial score (nSPS) is 11.3. The van der Waals surface area contributed by atoms with Gasteiger partial charge in [-0.15, -0.1) is 0 Å². The highest BCUT2D eigenvalue weighted by Crippen LogP contribution is 2.37. The summed E-state index contributed by atoms with van der Waals surface area (Å²) in [6, 6.07) is 12.8. The second-order valence-electron chi connectivity index (χ2n) is 6.18. The van der Waals surface area contributed by atoms with Crippen LogP contribution in [0, 0.1) is 13.8 Å². The van der Waals surface area contributed by atoms with Gasteiger partial charge >= 0.3 is 0 Å². The standard InChI is InChI=1S/C20H15Cl3N2O2/c1-11-19(26-10-13-3-5-14(21)6-4-13)20-25(24-11)18(12(2)27-20)16-8-7-15(22)9-17(16)23/h3-9H,10H2,1-2H3. The van der Waals surface area contributed by atoms with Crippen LogP contribution in [-0.2, 0) is 6.61 Å². The van der Waals surface area contributed by atoms with E-state index in [9.17, 15) is 0 Å². The quantitative estimate of drug-likeness (QED) is 0.366. The Morgan fingerprint density at radius 3 is 2.41 bits per heavy atom. The van der Waals surface area contributed by atoms with Gasteiger partial charge in [0.05, 0.1) is 5.02 Å². The van der Waals surface area contributed by atoms with Gasteiger partial charge in [0.1, 0.15) is 23.8 Å². The van der Waals surface area contributed by atoms with Crippen molar-refractivity contribution in [2.24, 2.45) is 0 Å². The Morgan fingerprint density at radius 2 is 1.70 bits per heavy atom. The smallest absolute Gasteiger partial charge is 0.266 e. The first-order chi connectivity index (χ1) is 12.9. The van der Waals surface area contributed by atoms with Crippen molar-refractivity contribution in [3.63, 3.8) is 0 Å². The van der Waals surface area contributed by atoms with E-state index >= 15 is 0 Å². The molecule has 27 heavy (non-hydrogen) atoms. The first-order valence-electron chi connectivity index (χ1n) is 8.25. The van der Waals surface area contributed by atoms with Crippen LogP contribution in [0.15, 0.2) is 46.9 Å². The summed E-state index contributed by atoms with van der Waals surface area (Å²) in [6.07, 6.45) is 0. The molecule has 0 aliphatic heterocycles. The average Bonchev–Trinajstić information content (AvgIpc) is 3.08. The van der Waals surface area contributed by atoms with Gasteiger partial charge in [-0.1, -0.05) is 46.9 Å². The summed E-state index contributed by atoms with van der Waals surface area (Å²) in [7, 11) is 0. The highest BCUT2D eigenvalue weighted by atomic mass is 35.5. The molecule has 0 bridgehead atoms. The predicted octanol–water partition coefficient (Wildman–Crippen LogP) is 6.75. The first-order valence-corrected chi connectivity index (χ1v) is 9.39. The lowest BCUT2D eigenvalue weighted by molar-refractivity contribution is 0.302. The largest absolute Gasteiger partial charge is 0.482 e. The van der Waals surface area contributed by atoms with Crippen LogP contribution < -0.4 is 4.74 Å². The zero-order chi connectivity index (χ0) is 19.1. The Kier molecular flexibility index (Phi) is 4.81. The lowest BCUT2D eigenvalue weighted by atomic mass is 10.1. The molecule has 0 spiro atoms. The Labute approximate surface area is 171 Å². The van der Waals surface area contributed by atoms with Crippen molar-refractivity contribution in [2.45, 2.75) is 20.5 Å². The van der Waals surface area contributed by atoms with Crippen LogP contribution in [-0.4, -0.2) is 9.61 Å². The topological polar surface area (TPSA) is 39.7 Å². The van der Waals surface area contributed by atoms with E-state index in [1.807, 2.05) is 44.2 Å². The van der Waals surface area contributed by atoms with E-state index in [-0.39, 0.29) is 0 Å². The number of benzene rings is 2. The van der Waals surface area contributed by atoms with Crippen LogP contribution in [0.3, 0.4) is 0 Å². The number of aromatic nitrogens is 2. The van der Waals surface area contributed by atoms with Gasteiger partial charge in [-0.2, -0.15) is 9.61 Å². The summed E-state index contributed by atoms with van der Waals surface area (Å²) in [5.41, 5.74) is 3.84. The van der Waals surface area contributed by atoms with E-state index < -0.39 is 0 Å². The van der Waals surface area contributed by atoms with Gasteiger partial charge in [0.25, 0.3) is 5.71 Å². The van der Waals surface area contributed by atoms with Gasteiger partial charge in [0, 0.05) is 15.6 Å². The average molecular weight is 422 g/mol. The van der Waals surface area contributed by atoms with Crippen LogP contribution in [0.2, 0.25) is 15.1 Å². The number of fused-ring (bicyclic) bond motifs is 1. The van der Waals surface area contributed by atoms with Crippen molar-refractivity contribution >= 4 is 40.5 Å². The maximum Gasteiger partial charge on any atom is 0.266 e. The van der Waals surface area contributed by atoms with Crippen molar-refractivity contribution in [3.8, 4) is 17.0 Å². The number of nitrogens with zero attached hydrogens (tertiary/aromatic N) is 2. The molecule has 0 unspecified atom stereocenters. The van der Waals surface area contributed by atoms with Crippen molar-refractivity contribution in [2.75, 3.05) is 0 Å². The van der Waals surface area contributed by atoms with Crippen molar-refractivity contribution in [1.29, 1.82) is 0 Å². The molecule has 4 aromatic rings. The molecule has 2 aromatic carbocycles. The summed E-state index contributed by atoms with van der Waals surface area (Å²) < 4.78 is 13.7. The number of hydrogen-bond acceptors (Lipinski definition) is 3. The second-order valence-corrected chi connectivity index (χ2v) is 7.46. The molecule has 7 heteroatoms. The van der Waals surface area contributed by atoms with Gasteiger partial charge in [-0.05, 0) is 49.7 Å². The summed E-state index contributed by atoms with van der Waals surface area (Å²) in [5, 5.41) is 6.38. The molecule has 4 nitrogen and oxygen atoms in total. The minimum atomic E-state index is 0.385. The highest BCUT2D eigenvalue weighted by Gasteiger charge is 2.22. The fraction of sp³-hybridized carbons (Fsp3) is 0.150. The Morgan fingerprint density at radius 1 is 1.00 bits per heavy atom. The van der Waals surface area contributed by atoms with E-state index in [0.29, 0.717) is 38.9 Å². The summed E-state index contributed by atoms with van der Waals surface area (Å²) >= 11 is 18.3. The molecule has 138 valence electrons. The zero-order valence-corrected chi connectivity index (χ0v) is 16.9. The SMILES string of the molecule is Cc1nn2c(-c3ccc(Cl)cc3Cl)c(C)oc2c1OCc1ccc(Cl)cc1. The summed E-state index contributed by atoms with van der Waals surface area (Å²) in [5.74, 6) is 1.29. The van der Waals surface area contributed by atoms with Crippen LogP contribution >= 0.6 is 34.8 Å². The minimum Gasteiger partial charge on any atom is -0.482 e. The molecule has 2 heterocycles. The number of aryl methyl sites for hydroxylation is 2. The van der Waals surface area contributed by atoms with Crippen LogP contribution in [0.1, 0.15) is 17.0 Å². The van der Waals surface area contributed by atoms with Gasteiger partial charge in [0.2, 0.25) is 5.75 Å². The second kappa shape index (κ2) is 7.12. The molecular weight excluding hydrogens is 407 g/mol. The molecule has 0 radical (unpaired) electrons. The lowest BCUT2D eigenvalue weighted by Gasteiger charge is -2.04. The predicted molar refractivity (Wildman–Crippen MR) is 108 cm³/mol. The van der Waals surface area contributed by atoms with E-state index in [1.54, 1.807) is 16.6 Å². The molecule has 2 aromatic heterocycles. The molecular formula is C20H15Cl3N2O2. The van der Waals surface area contributed by atoms with Crippen LogP contribution in [0.5, 0.6) is 5.75 Å². The Bertz CT molecular complexity index is 1130. The van der Waals surface area contributed by atoms with Crippen molar-refractivity contribution in [1.82, 2.24) is 9.61 Å². The maximum absolute atomic E-state index is 6.38. The van der Waals surface area contributed by atoms with E-state index in [4.69, 9.17) is 44.0 Å². The molecule has 0 fully saturated rings. The van der Waals surface area contributed by atoms with Gasteiger partial charge in [-0.25, -0.2) is 0 Å². The molecule has 0 saturated heterocycles. The van der Waals surface area contributed by atoms with E-state index in [0.717, 1.165) is 22.5 Å². The van der Waals surface area contributed by atoms with Crippen molar-refractivity contribution < 1.29 is 9.15 Å².